The van der Waals surface area contributed by atoms with Crippen molar-refractivity contribution in [3.63, 3.8) is 0 Å². The standard InChI is InChI=1S/C9H8AsFO/c10-7-4-5-12-9-6(7)2-1-3-8(9)11/h1-3,7H,4-5H2. The molecule has 0 bridgehead atoms. The van der Waals surface area contributed by atoms with E-state index >= 15 is 0 Å². The fraction of sp³-hybridized carbons (Fsp3) is 0.333. The Labute approximate surface area is 79.4 Å². The molecule has 62 valence electrons. The predicted octanol–water partition coefficient (Wildman–Crippen LogP) is 1.82. The molecule has 0 amide bonds. The number of ether oxygens (including phenoxy) is 1. The fourth-order valence-electron chi connectivity index (χ4n) is 1.37. The molecule has 0 aromatic heterocycles. The monoisotopic (exact) mass is 226 g/mol. The van der Waals surface area contributed by atoms with Crippen LogP contribution in [0, 0.1) is 5.82 Å². The van der Waals surface area contributed by atoms with Gasteiger partial charge in [0.2, 0.25) is 0 Å². The van der Waals surface area contributed by atoms with Gasteiger partial charge >= 0.3 is 79.0 Å². The van der Waals surface area contributed by atoms with Crippen LogP contribution in [0.15, 0.2) is 18.2 Å². The topological polar surface area (TPSA) is 9.23 Å². The Hall–Kier alpha value is -0.492. The summed E-state index contributed by atoms with van der Waals surface area (Å²) >= 11 is 2.56. The summed E-state index contributed by atoms with van der Waals surface area (Å²) < 4.78 is 18.7. The summed E-state index contributed by atoms with van der Waals surface area (Å²) in [7, 11) is 0. The molecule has 1 nitrogen and oxygen atoms in total. The maximum atomic E-state index is 13.1. The number of benzene rings is 1. The van der Waals surface area contributed by atoms with Crippen LogP contribution in [0.5, 0.6) is 5.75 Å². The van der Waals surface area contributed by atoms with Crippen LogP contribution >= 0.6 is 0 Å². The van der Waals surface area contributed by atoms with E-state index in [0.717, 1.165) is 12.0 Å². The van der Waals surface area contributed by atoms with Crippen molar-refractivity contribution >= 4 is 16.9 Å². The van der Waals surface area contributed by atoms with Gasteiger partial charge in [-0.3, -0.25) is 0 Å². The van der Waals surface area contributed by atoms with Gasteiger partial charge < -0.3 is 0 Å². The Morgan fingerprint density at radius 3 is 3.08 bits per heavy atom. The van der Waals surface area contributed by atoms with Crippen molar-refractivity contribution in [1.82, 2.24) is 0 Å². The van der Waals surface area contributed by atoms with E-state index in [-0.39, 0.29) is 5.82 Å². The quantitative estimate of drug-likeness (QED) is 0.613. The van der Waals surface area contributed by atoms with Crippen LogP contribution in [0.4, 0.5) is 4.39 Å². The van der Waals surface area contributed by atoms with E-state index in [9.17, 15) is 4.39 Å². The molecule has 1 aromatic rings. The number of rotatable bonds is 0. The molecule has 3 heteroatoms. The second kappa shape index (κ2) is 3.10. The number of hydrogen-bond donors (Lipinski definition) is 0. The van der Waals surface area contributed by atoms with Gasteiger partial charge in [0.05, 0.1) is 0 Å². The first-order chi connectivity index (χ1) is 5.79. The van der Waals surface area contributed by atoms with Gasteiger partial charge in [-0.05, 0) is 0 Å². The molecule has 0 saturated carbocycles. The van der Waals surface area contributed by atoms with Crippen molar-refractivity contribution in [2.75, 3.05) is 6.61 Å². The van der Waals surface area contributed by atoms with E-state index < -0.39 is 0 Å². The van der Waals surface area contributed by atoms with Gasteiger partial charge in [-0.25, -0.2) is 0 Å². The van der Waals surface area contributed by atoms with Gasteiger partial charge in [0.1, 0.15) is 0 Å². The Morgan fingerprint density at radius 2 is 2.33 bits per heavy atom. The number of para-hydroxylation sites is 1. The summed E-state index contributed by atoms with van der Waals surface area (Å²) in [6.07, 6.45) is 0.955. The molecule has 0 aliphatic carbocycles. The first-order valence-corrected chi connectivity index (χ1v) is 4.96. The molecule has 0 saturated heterocycles. The Balaban J connectivity index is 2.52. The number of fused-ring (bicyclic) bond motifs is 1. The second-order valence-electron chi connectivity index (χ2n) is 2.81. The average Bonchev–Trinajstić information content (AvgIpc) is 2.07. The average molecular weight is 226 g/mol. The van der Waals surface area contributed by atoms with Crippen molar-refractivity contribution in [1.29, 1.82) is 0 Å². The third-order valence-corrected chi connectivity index (χ3v) is 3.12. The van der Waals surface area contributed by atoms with Crippen LogP contribution in [0.3, 0.4) is 0 Å². The first kappa shape index (κ1) is 8.12. The van der Waals surface area contributed by atoms with Crippen LogP contribution in [0.1, 0.15) is 16.7 Å². The summed E-state index contributed by atoms with van der Waals surface area (Å²) in [5.74, 6) is 0.192. The summed E-state index contributed by atoms with van der Waals surface area (Å²) in [5.41, 5.74) is 0.973. The van der Waals surface area contributed by atoms with Gasteiger partial charge in [0.15, 0.2) is 0 Å². The van der Waals surface area contributed by atoms with Gasteiger partial charge in [0, 0.05) is 0 Å². The Bertz CT molecular complexity index is 301. The van der Waals surface area contributed by atoms with Crippen LogP contribution in [0.2, 0.25) is 0 Å². The third-order valence-electron chi connectivity index (χ3n) is 1.99. The van der Waals surface area contributed by atoms with Crippen LogP contribution in [-0.4, -0.2) is 23.5 Å². The number of halogens is 1. The van der Waals surface area contributed by atoms with Crippen molar-refractivity contribution < 1.29 is 9.13 Å². The van der Waals surface area contributed by atoms with Crippen molar-refractivity contribution in [2.45, 2.75) is 11.1 Å². The molecule has 1 aliphatic heterocycles. The zero-order chi connectivity index (χ0) is 8.55. The van der Waals surface area contributed by atoms with Crippen LogP contribution in [0.25, 0.3) is 0 Å². The Kier molecular flexibility index (Phi) is 2.10. The minimum atomic E-state index is -0.247. The molecule has 12 heavy (non-hydrogen) atoms. The molecule has 1 aliphatic rings. The molecule has 0 N–H and O–H groups in total. The van der Waals surface area contributed by atoms with Crippen molar-refractivity contribution in [3.05, 3.63) is 29.6 Å². The van der Waals surface area contributed by atoms with E-state index in [0.29, 0.717) is 17.1 Å². The normalized spacial score (nSPS) is 21.3. The summed E-state index contributed by atoms with van der Waals surface area (Å²) in [5, 5.41) is 0. The van der Waals surface area contributed by atoms with Crippen LogP contribution in [-0.2, 0) is 0 Å². The number of hydrogen-bond acceptors (Lipinski definition) is 1. The summed E-state index contributed by atoms with van der Waals surface area (Å²) in [4.78, 5) is 0. The molecule has 2 radical (unpaired) electrons. The molecule has 1 heterocycles. The fourth-order valence-corrected chi connectivity index (χ4v) is 2.02. The van der Waals surface area contributed by atoms with Gasteiger partial charge in [0.25, 0.3) is 0 Å². The van der Waals surface area contributed by atoms with E-state index in [1.54, 1.807) is 6.07 Å². The van der Waals surface area contributed by atoms with E-state index in [1.807, 2.05) is 6.07 Å². The molecule has 2 rings (SSSR count). The van der Waals surface area contributed by atoms with Gasteiger partial charge in [-0.2, -0.15) is 0 Å². The van der Waals surface area contributed by atoms with E-state index in [2.05, 4.69) is 16.9 Å². The molecule has 1 atom stereocenters. The van der Waals surface area contributed by atoms with Crippen molar-refractivity contribution in [3.8, 4) is 5.75 Å². The molecular formula is C9H8AsFO. The minimum absolute atomic E-state index is 0.247. The summed E-state index contributed by atoms with van der Waals surface area (Å²) in [6, 6.07) is 5.08. The third kappa shape index (κ3) is 1.25. The molecule has 0 spiro atoms. The first-order valence-electron chi connectivity index (χ1n) is 3.88. The van der Waals surface area contributed by atoms with Gasteiger partial charge in [-0.15, -0.1) is 0 Å². The van der Waals surface area contributed by atoms with Crippen molar-refractivity contribution in [2.24, 2.45) is 0 Å². The SMILES string of the molecule is Fc1cccc2c1OCCC2[As]. The molecular weight excluding hydrogens is 218 g/mol. The maximum absolute atomic E-state index is 13.1. The van der Waals surface area contributed by atoms with Gasteiger partial charge in [-0.1, -0.05) is 0 Å². The summed E-state index contributed by atoms with van der Waals surface area (Å²) in [6.45, 7) is 0.618. The van der Waals surface area contributed by atoms with E-state index in [1.165, 1.54) is 6.07 Å². The Morgan fingerprint density at radius 1 is 1.50 bits per heavy atom. The molecule has 1 aromatic carbocycles. The molecule has 0 fully saturated rings. The zero-order valence-electron chi connectivity index (χ0n) is 6.46. The molecule has 1 unspecified atom stereocenters. The zero-order valence-corrected chi connectivity index (χ0v) is 8.33. The predicted molar refractivity (Wildman–Crippen MR) is 45.0 cm³/mol. The van der Waals surface area contributed by atoms with E-state index in [4.69, 9.17) is 4.74 Å². The second-order valence-corrected chi connectivity index (χ2v) is 4.12. The van der Waals surface area contributed by atoms with Crippen LogP contribution < -0.4 is 4.74 Å².